The monoisotopic (exact) mass is 440 g/mol. The standard InChI is InChI=1S/C24H28N2O4S/c1-29-18-8-11-20(22(14-18)30-2)21-5-4-12-25(21)24(28)16-13-23(27)26(15-16)17-6-9-19(31-3)10-7-17/h6-11,14,16,21H,4-5,12-13,15H2,1-3H3/t16-,21+/m1/s1. The number of ether oxygens (including phenoxy) is 2. The van der Waals surface area contributed by atoms with Gasteiger partial charge in [-0.15, -0.1) is 11.8 Å². The van der Waals surface area contributed by atoms with E-state index >= 15 is 0 Å². The molecular formula is C24H28N2O4S. The van der Waals surface area contributed by atoms with E-state index in [-0.39, 0.29) is 30.2 Å². The van der Waals surface area contributed by atoms with Crippen LogP contribution in [0.25, 0.3) is 0 Å². The van der Waals surface area contributed by atoms with Crippen LogP contribution in [-0.4, -0.2) is 50.3 Å². The van der Waals surface area contributed by atoms with Gasteiger partial charge in [0.2, 0.25) is 11.8 Å². The first-order valence-corrected chi connectivity index (χ1v) is 11.7. The van der Waals surface area contributed by atoms with Crippen LogP contribution in [0.3, 0.4) is 0 Å². The van der Waals surface area contributed by atoms with Gasteiger partial charge in [0.1, 0.15) is 11.5 Å². The molecule has 7 heteroatoms. The smallest absolute Gasteiger partial charge is 0.228 e. The predicted molar refractivity (Wildman–Crippen MR) is 122 cm³/mol. The Labute approximate surface area is 187 Å². The third-order valence-corrected chi connectivity index (χ3v) is 6.94. The highest BCUT2D eigenvalue weighted by Gasteiger charge is 2.41. The van der Waals surface area contributed by atoms with Gasteiger partial charge in [0.15, 0.2) is 0 Å². The molecule has 0 bridgehead atoms. The van der Waals surface area contributed by atoms with Crippen LogP contribution in [0.1, 0.15) is 30.9 Å². The Morgan fingerprint density at radius 1 is 1.10 bits per heavy atom. The number of anilines is 1. The molecule has 2 heterocycles. The van der Waals surface area contributed by atoms with Crippen LogP contribution < -0.4 is 14.4 Å². The molecule has 0 aliphatic carbocycles. The molecule has 164 valence electrons. The average Bonchev–Trinajstić information content (AvgIpc) is 3.45. The molecule has 2 saturated heterocycles. The molecule has 0 radical (unpaired) electrons. The number of likely N-dealkylation sites (tertiary alicyclic amines) is 1. The predicted octanol–water partition coefficient (Wildman–Crippen LogP) is 4.14. The van der Waals surface area contributed by atoms with Crippen molar-refractivity contribution >= 4 is 29.3 Å². The Bertz CT molecular complexity index is 963. The van der Waals surface area contributed by atoms with Crippen molar-refractivity contribution in [2.45, 2.75) is 30.2 Å². The van der Waals surface area contributed by atoms with Crippen molar-refractivity contribution < 1.29 is 19.1 Å². The van der Waals surface area contributed by atoms with Gasteiger partial charge >= 0.3 is 0 Å². The lowest BCUT2D eigenvalue weighted by Crippen LogP contribution is -2.37. The molecule has 0 aromatic heterocycles. The van der Waals surface area contributed by atoms with Crippen molar-refractivity contribution in [1.82, 2.24) is 4.90 Å². The molecule has 2 fully saturated rings. The molecule has 2 aromatic rings. The van der Waals surface area contributed by atoms with E-state index in [9.17, 15) is 9.59 Å². The summed E-state index contributed by atoms with van der Waals surface area (Å²) >= 11 is 1.66. The quantitative estimate of drug-likeness (QED) is 0.632. The molecule has 2 atom stereocenters. The third-order valence-electron chi connectivity index (χ3n) is 6.19. The van der Waals surface area contributed by atoms with Gasteiger partial charge in [0.25, 0.3) is 0 Å². The Hall–Kier alpha value is -2.67. The van der Waals surface area contributed by atoms with Gasteiger partial charge in [-0.1, -0.05) is 0 Å². The zero-order valence-corrected chi connectivity index (χ0v) is 19.0. The van der Waals surface area contributed by atoms with Gasteiger partial charge in [-0.25, -0.2) is 0 Å². The first-order valence-electron chi connectivity index (χ1n) is 10.5. The molecular weight excluding hydrogens is 412 g/mol. The lowest BCUT2D eigenvalue weighted by Gasteiger charge is -2.28. The Balaban J connectivity index is 1.52. The van der Waals surface area contributed by atoms with E-state index in [0.29, 0.717) is 13.1 Å². The minimum absolute atomic E-state index is 0.00743. The maximum absolute atomic E-state index is 13.5. The van der Waals surface area contributed by atoms with Crippen LogP contribution in [-0.2, 0) is 9.59 Å². The number of nitrogens with zero attached hydrogens (tertiary/aromatic N) is 2. The zero-order valence-electron chi connectivity index (χ0n) is 18.2. The molecule has 31 heavy (non-hydrogen) atoms. The molecule has 2 aliphatic rings. The van der Waals surface area contributed by atoms with Gasteiger partial charge in [0.05, 0.1) is 26.2 Å². The summed E-state index contributed by atoms with van der Waals surface area (Å²) in [4.78, 5) is 31.0. The first kappa shape index (κ1) is 21.6. The minimum Gasteiger partial charge on any atom is -0.497 e. The van der Waals surface area contributed by atoms with Crippen LogP contribution in [0, 0.1) is 5.92 Å². The molecule has 2 aliphatic heterocycles. The maximum atomic E-state index is 13.5. The topological polar surface area (TPSA) is 59.1 Å². The summed E-state index contributed by atoms with van der Waals surface area (Å²) in [5.74, 6) is 1.19. The van der Waals surface area contributed by atoms with E-state index < -0.39 is 0 Å². The molecule has 0 unspecified atom stereocenters. The molecule has 0 N–H and O–H groups in total. The fourth-order valence-electron chi connectivity index (χ4n) is 4.57. The lowest BCUT2D eigenvalue weighted by molar-refractivity contribution is -0.136. The van der Waals surface area contributed by atoms with Gasteiger partial charge in [0, 0.05) is 41.7 Å². The van der Waals surface area contributed by atoms with Crippen LogP contribution >= 0.6 is 11.8 Å². The van der Waals surface area contributed by atoms with Crippen molar-refractivity contribution in [3.8, 4) is 11.5 Å². The second-order valence-electron chi connectivity index (χ2n) is 7.90. The number of amides is 2. The van der Waals surface area contributed by atoms with Crippen molar-refractivity contribution in [2.24, 2.45) is 5.92 Å². The Morgan fingerprint density at radius 2 is 1.87 bits per heavy atom. The van der Waals surface area contributed by atoms with Crippen LogP contribution in [0.5, 0.6) is 11.5 Å². The fraction of sp³-hybridized carbons (Fsp3) is 0.417. The van der Waals surface area contributed by atoms with Crippen molar-refractivity contribution in [2.75, 3.05) is 38.5 Å². The number of carbonyl (C=O) groups excluding carboxylic acids is 2. The summed E-state index contributed by atoms with van der Waals surface area (Å²) in [6.45, 7) is 1.13. The van der Waals surface area contributed by atoms with E-state index in [1.165, 1.54) is 0 Å². The first-order chi connectivity index (χ1) is 15.0. The van der Waals surface area contributed by atoms with Gasteiger partial charge in [-0.05, 0) is 55.5 Å². The molecule has 4 rings (SSSR count). The summed E-state index contributed by atoms with van der Waals surface area (Å²) in [7, 11) is 3.26. The summed E-state index contributed by atoms with van der Waals surface area (Å²) in [5, 5.41) is 0. The van der Waals surface area contributed by atoms with Gasteiger partial charge < -0.3 is 19.3 Å². The van der Waals surface area contributed by atoms with Gasteiger partial charge in [-0.3, -0.25) is 9.59 Å². The van der Waals surface area contributed by atoms with Gasteiger partial charge in [-0.2, -0.15) is 0 Å². The van der Waals surface area contributed by atoms with Crippen LogP contribution in [0.2, 0.25) is 0 Å². The number of methoxy groups -OCH3 is 2. The van der Waals surface area contributed by atoms with Crippen molar-refractivity contribution in [1.29, 1.82) is 0 Å². The summed E-state index contributed by atoms with van der Waals surface area (Å²) in [5.41, 5.74) is 1.84. The van der Waals surface area contributed by atoms with Crippen molar-refractivity contribution in [3.05, 3.63) is 48.0 Å². The highest BCUT2D eigenvalue weighted by Crippen LogP contribution is 2.40. The van der Waals surface area contributed by atoms with Crippen molar-refractivity contribution in [3.63, 3.8) is 0 Å². The summed E-state index contributed by atoms with van der Waals surface area (Å²) in [6, 6.07) is 13.6. The largest absolute Gasteiger partial charge is 0.497 e. The third kappa shape index (κ3) is 4.24. The number of hydrogen-bond donors (Lipinski definition) is 0. The summed E-state index contributed by atoms with van der Waals surface area (Å²) < 4.78 is 10.9. The zero-order chi connectivity index (χ0) is 22.0. The maximum Gasteiger partial charge on any atom is 0.228 e. The van der Waals surface area contributed by atoms with Crippen LogP contribution in [0.4, 0.5) is 5.69 Å². The number of rotatable bonds is 6. The van der Waals surface area contributed by atoms with E-state index in [1.54, 1.807) is 30.9 Å². The van der Waals surface area contributed by atoms with E-state index in [0.717, 1.165) is 40.5 Å². The van der Waals surface area contributed by atoms with E-state index in [1.807, 2.05) is 53.6 Å². The molecule has 6 nitrogen and oxygen atoms in total. The fourth-order valence-corrected chi connectivity index (χ4v) is 4.98. The number of carbonyl (C=O) groups is 2. The molecule has 2 aromatic carbocycles. The Kier molecular flexibility index (Phi) is 6.41. The number of thioether (sulfide) groups is 1. The SMILES string of the molecule is COc1ccc([C@@H]2CCCN2C(=O)[C@@H]2CC(=O)N(c3ccc(SC)cc3)C2)c(OC)c1. The average molecular weight is 441 g/mol. The lowest BCUT2D eigenvalue weighted by atomic mass is 10.0. The summed E-state index contributed by atoms with van der Waals surface area (Å²) in [6.07, 6.45) is 4.10. The number of benzene rings is 2. The Morgan fingerprint density at radius 3 is 2.55 bits per heavy atom. The highest BCUT2D eigenvalue weighted by molar-refractivity contribution is 7.98. The van der Waals surface area contributed by atoms with E-state index in [2.05, 4.69) is 0 Å². The molecule has 0 saturated carbocycles. The highest BCUT2D eigenvalue weighted by atomic mass is 32.2. The normalized spacial score (nSPS) is 20.9. The minimum atomic E-state index is -0.322. The second-order valence-corrected chi connectivity index (χ2v) is 8.78. The van der Waals surface area contributed by atoms with E-state index in [4.69, 9.17) is 9.47 Å². The second kappa shape index (κ2) is 9.22. The van der Waals surface area contributed by atoms with Crippen LogP contribution in [0.15, 0.2) is 47.4 Å². The molecule has 0 spiro atoms. The number of hydrogen-bond acceptors (Lipinski definition) is 5. The molecule has 2 amide bonds.